The Labute approximate surface area is 242 Å². The zero-order valence-electron chi connectivity index (χ0n) is 22.9. The average molecular weight is 571 g/mol. The summed E-state index contributed by atoms with van der Waals surface area (Å²) in [4.78, 5) is 27.8. The number of anilines is 1. The van der Waals surface area contributed by atoms with E-state index in [1.807, 2.05) is 40.6 Å². The van der Waals surface area contributed by atoms with Crippen molar-refractivity contribution in [3.05, 3.63) is 60.3 Å². The van der Waals surface area contributed by atoms with E-state index in [1.165, 1.54) is 6.08 Å². The number of rotatable bonds is 7. The van der Waals surface area contributed by atoms with Crippen molar-refractivity contribution in [3.63, 3.8) is 0 Å². The number of piperazine rings is 1. The zero-order valence-corrected chi connectivity index (χ0v) is 23.7. The van der Waals surface area contributed by atoms with Gasteiger partial charge >= 0.3 is 6.01 Å². The number of hydrogen-bond donors (Lipinski definition) is 0. The summed E-state index contributed by atoms with van der Waals surface area (Å²) in [6.07, 6.45) is 3.57. The van der Waals surface area contributed by atoms with Gasteiger partial charge in [-0.15, -0.1) is 11.3 Å². The summed E-state index contributed by atoms with van der Waals surface area (Å²) in [5.41, 5.74) is 1.47. The number of carbonyl (C=O) groups excluding carboxylic acids is 1. The molecule has 2 saturated heterocycles. The number of fused-ring (bicyclic) bond motifs is 2. The Bertz CT molecular complexity index is 1670. The van der Waals surface area contributed by atoms with E-state index in [-0.39, 0.29) is 35.9 Å². The first-order valence-electron chi connectivity index (χ1n) is 13.8. The van der Waals surface area contributed by atoms with Gasteiger partial charge in [0.1, 0.15) is 17.9 Å². The predicted molar refractivity (Wildman–Crippen MR) is 160 cm³/mol. The molecule has 0 N–H and O–H groups in total. The van der Waals surface area contributed by atoms with Crippen LogP contribution in [-0.2, 0) is 4.79 Å². The number of nitriles is 1. The molecule has 0 aliphatic carbocycles. The zero-order chi connectivity index (χ0) is 28.5. The molecule has 41 heavy (non-hydrogen) atoms. The lowest BCUT2D eigenvalue weighted by atomic mass is 9.99. The molecule has 8 nitrogen and oxygen atoms in total. The van der Waals surface area contributed by atoms with Crippen LogP contribution in [0.3, 0.4) is 0 Å². The molecule has 2 aliphatic rings. The lowest BCUT2D eigenvalue weighted by Crippen LogP contribution is -2.55. The van der Waals surface area contributed by atoms with Crippen LogP contribution in [0.4, 0.5) is 10.2 Å². The maximum atomic E-state index is 16.5. The van der Waals surface area contributed by atoms with E-state index in [2.05, 4.69) is 29.6 Å². The van der Waals surface area contributed by atoms with Crippen molar-refractivity contribution in [2.45, 2.75) is 31.3 Å². The Hall–Kier alpha value is -4.07. The highest BCUT2D eigenvalue weighted by molar-refractivity contribution is 7.17. The number of halogens is 1. The third kappa shape index (κ3) is 5.11. The maximum absolute atomic E-state index is 16.5. The van der Waals surface area contributed by atoms with Crippen molar-refractivity contribution >= 4 is 44.1 Å². The highest BCUT2D eigenvalue weighted by Gasteiger charge is 2.32. The number of amides is 1. The van der Waals surface area contributed by atoms with E-state index in [4.69, 9.17) is 9.72 Å². The first-order chi connectivity index (χ1) is 20.0. The summed E-state index contributed by atoms with van der Waals surface area (Å²) in [6.45, 7) is 6.27. The van der Waals surface area contributed by atoms with E-state index in [0.717, 1.165) is 35.0 Å². The van der Waals surface area contributed by atoms with Crippen LogP contribution in [0.15, 0.2) is 54.4 Å². The number of likely N-dealkylation sites (N-methyl/N-ethyl adjacent to an activating group) is 1. The topological polar surface area (TPSA) is 85.6 Å². The van der Waals surface area contributed by atoms with Gasteiger partial charge in [0, 0.05) is 46.7 Å². The van der Waals surface area contributed by atoms with Crippen molar-refractivity contribution in [1.82, 2.24) is 19.8 Å². The Balaban J connectivity index is 1.43. The fourth-order valence-corrected chi connectivity index (χ4v) is 6.78. The van der Waals surface area contributed by atoms with Crippen molar-refractivity contribution in [3.8, 4) is 23.2 Å². The second-order valence-corrected chi connectivity index (χ2v) is 11.5. The minimum atomic E-state index is -0.429. The summed E-state index contributed by atoms with van der Waals surface area (Å²) < 4.78 is 23.7. The van der Waals surface area contributed by atoms with Gasteiger partial charge in [-0.25, -0.2) is 4.39 Å². The van der Waals surface area contributed by atoms with Gasteiger partial charge in [0.15, 0.2) is 5.82 Å². The first kappa shape index (κ1) is 27.1. The largest absolute Gasteiger partial charge is 0.462 e. The highest BCUT2D eigenvalue weighted by Crippen LogP contribution is 2.38. The van der Waals surface area contributed by atoms with Crippen molar-refractivity contribution < 1.29 is 13.9 Å². The molecule has 2 aromatic heterocycles. The molecule has 0 spiro atoms. The number of aromatic nitrogens is 2. The fourth-order valence-electron chi connectivity index (χ4n) is 5.96. The van der Waals surface area contributed by atoms with E-state index < -0.39 is 5.82 Å². The second kappa shape index (κ2) is 11.4. The van der Waals surface area contributed by atoms with Gasteiger partial charge in [-0.2, -0.15) is 15.2 Å². The van der Waals surface area contributed by atoms with Crippen molar-refractivity contribution in [2.24, 2.45) is 0 Å². The highest BCUT2D eigenvalue weighted by atomic mass is 32.1. The van der Waals surface area contributed by atoms with E-state index in [9.17, 15) is 10.1 Å². The predicted octanol–water partition coefficient (Wildman–Crippen LogP) is 5.24. The molecule has 2 aromatic carbocycles. The van der Waals surface area contributed by atoms with Crippen LogP contribution < -0.4 is 9.64 Å². The molecule has 0 saturated carbocycles. The van der Waals surface area contributed by atoms with E-state index in [1.54, 1.807) is 22.3 Å². The molecule has 6 rings (SSSR count). The molecule has 4 aromatic rings. The summed E-state index contributed by atoms with van der Waals surface area (Å²) in [5.74, 6) is -0.0974. The van der Waals surface area contributed by atoms with Crippen LogP contribution in [0, 0.1) is 17.1 Å². The maximum Gasteiger partial charge on any atom is 0.319 e. The van der Waals surface area contributed by atoms with Gasteiger partial charge < -0.3 is 19.4 Å². The minimum Gasteiger partial charge on any atom is -0.462 e. The van der Waals surface area contributed by atoms with Gasteiger partial charge in [0.2, 0.25) is 5.91 Å². The Morgan fingerprint density at radius 2 is 2.05 bits per heavy atom. The number of likely N-dealkylation sites (tertiary alicyclic amines) is 1. The first-order valence-corrected chi connectivity index (χ1v) is 14.7. The molecule has 0 radical (unpaired) electrons. The molecular formula is C31H31FN6O2S. The molecular weight excluding hydrogens is 539 g/mol. The van der Waals surface area contributed by atoms with Gasteiger partial charge in [-0.3, -0.25) is 4.79 Å². The molecule has 2 aliphatic heterocycles. The Morgan fingerprint density at radius 3 is 2.83 bits per heavy atom. The summed E-state index contributed by atoms with van der Waals surface area (Å²) in [7, 11) is 2.07. The number of benzene rings is 2. The van der Waals surface area contributed by atoms with Crippen LogP contribution in [0.5, 0.6) is 6.01 Å². The third-order valence-corrected chi connectivity index (χ3v) is 9.08. The number of carbonyl (C=O) groups is 1. The van der Waals surface area contributed by atoms with Crippen LogP contribution in [0.1, 0.15) is 19.3 Å². The lowest BCUT2D eigenvalue weighted by Gasteiger charge is -2.41. The summed E-state index contributed by atoms with van der Waals surface area (Å²) in [5, 5.41) is 13.0. The summed E-state index contributed by atoms with van der Waals surface area (Å²) in [6, 6.07) is 13.8. The smallest absolute Gasteiger partial charge is 0.319 e. The van der Waals surface area contributed by atoms with Crippen LogP contribution in [0.2, 0.25) is 0 Å². The molecule has 1 amide bonds. The standard InChI is InChI=1S/C31H31FN6O2S/c1-3-27(39)38-16-15-37(18-20(38)11-13-33)30-25-10-9-24(22-7-4-8-26-23(22)12-17-41-26)28(32)29(25)34-31(35-30)40-19-21-6-5-14-36(21)2/h3-4,7-10,12,17,20-21H,1,5-6,11,14-16,18-19H2,2H3. The number of thiophene rings is 1. The number of hydrogen-bond acceptors (Lipinski definition) is 8. The van der Waals surface area contributed by atoms with E-state index in [0.29, 0.717) is 43.0 Å². The van der Waals surface area contributed by atoms with Crippen molar-refractivity contribution in [1.29, 1.82) is 5.26 Å². The third-order valence-electron chi connectivity index (χ3n) is 8.20. The van der Waals surface area contributed by atoms with Gasteiger partial charge in [-0.1, -0.05) is 24.8 Å². The lowest BCUT2D eigenvalue weighted by molar-refractivity contribution is -0.128. The molecule has 2 unspecified atom stereocenters. The molecule has 2 atom stereocenters. The quantitative estimate of drug-likeness (QED) is 0.281. The Kier molecular flexibility index (Phi) is 7.56. The van der Waals surface area contributed by atoms with Gasteiger partial charge in [0.05, 0.1) is 18.5 Å². The molecule has 2 fully saturated rings. The Morgan fingerprint density at radius 1 is 1.17 bits per heavy atom. The van der Waals surface area contributed by atoms with Crippen LogP contribution >= 0.6 is 11.3 Å². The average Bonchev–Trinajstić information content (AvgIpc) is 3.64. The fraction of sp³-hybridized carbons (Fsp3) is 0.355. The number of ether oxygens (including phenoxy) is 1. The molecule has 10 heteroatoms. The minimum absolute atomic E-state index is 0.124. The summed E-state index contributed by atoms with van der Waals surface area (Å²) >= 11 is 1.62. The van der Waals surface area contributed by atoms with Crippen LogP contribution in [0.25, 0.3) is 32.1 Å². The van der Waals surface area contributed by atoms with Crippen molar-refractivity contribution in [2.75, 3.05) is 44.7 Å². The second-order valence-electron chi connectivity index (χ2n) is 10.6. The van der Waals surface area contributed by atoms with E-state index >= 15 is 4.39 Å². The molecule has 4 heterocycles. The van der Waals surface area contributed by atoms with Gasteiger partial charge in [-0.05, 0) is 61.7 Å². The molecule has 0 bridgehead atoms. The molecule has 210 valence electrons. The van der Waals surface area contributed by atoms with Crippen LogP contribution in [-0.4, -0.2) is 77.6 Å². The SMILES string of the molecule is C=CC(=O)N1CCN(c2nc(OCC3CCCN3C)nc3c(F)c(-c4cccc5sccc45)ccc23)CC1CC#N. The monoisotopic (exact) mass is 570 g/mol. The normalized spacial score (nSPS) is 19.5. The van der Waals surface area contributed by atoms with Gasteiger partial charge in [0.25, 0.3) is 0 Å². The number of nitrogens with zero attached hydrogens (tertiary/aromatic N) is 6.